The lowest BCUT2D eigenvalue weighted by atomic mass is 9.98. The quantitative estimate of drug-likeness (QED) is 0.719. The van der Waals surface area contributed by atoms with Crippen molar-refractivity contribution in [2.24, 2.45) is 11.8 Å². The molecule has 0 amide bonds. The zero-order chi connectivity index (χ0) is 16.0. The second-order valence-electron chi connectivity index (χ2n) is 6.79. The van der Waals surface area contributed by atoms with Crippen LogP contribution < -0.4 is 10.0 Å². The summed E-state index contributed by atoms with van der Waals surface area (Å²) in [6, 6.07) is 0.514. The average Bonchev–Trinajstić information content (AvgIpc) is 2.42. The number of rotatable bonds is 8. The van der Waals surface area contributed by atoms with Gasteiger partial charge in [-0.3, -0.25) is 0 Å². The first kappa shape index (κ1) is 18.9. The van der Waals surface area contributed by atoms with Gasteiger partial charge in [0.25, 0.3) is 10.2 Å². The Labute approximate surface area is 131 Å². The minimum Gasteiger partial charge on any atom is -0.314 e. The Morgan fingerprint density at radius 1 is 1.14 bits per heavy atom. The van der Waals surface area contributed by atoms with Crippen LogP contribution in [0, 0.1) is 11.8 Å². The van der Waals surface area contributed by atoms with E-state index >= 15 is 0 Å². The molecule has 1 fully saturated rings. The van der Waals surface area contributed by atoms with E-state index < -0.39 is 10.2 Å². The van der Waals surface area contributed by atoms with Crippen molar-refractivity contribution in [1.29, 1.82) is 0 Å². The highest BCUT2D eigenvalue weighted by atomic mass is 32.2. The van der Waals surface area contributed by atoms with Crippen molar-refractivity contribution in [3.8, 4) is 0 Å². The zero-order valence-corrected chi connectivity index (χ0v) is 15.0. The number of piperidine rings is 1. The Bertz CT molecular complexity index is 388. The van der Waals surface area contributed by atoms with Gasteiger partial charge in [0.1, 0.15) is 0 Å². The van der Waals surface area contributed by atoms with Crippen LogP contribution in [0.5, 0.6) is 0 Å². The highest BCUT2D eigenvalue weighted by Crippen LogP contribution is 2.19. The molecule has 1 rings (SSSR count). The van der Waals surface area contributed by atoms with E-state index in [-0.39, 0.29) is 6.04 Å². The van der Waals surface area contributed by atoms with Crippen molar-refractivity contribution in [2.75, 3.05) is 19.6 Å². The monoisotopic (exact) mass is 319 g/mol. The predicted molar refractivity (Wildman–Crippen MR) is 88.4 cm³/mol. The fourth-order valence-corrected chi connectivity index (χ4v) is 4.37. The third-order valence-corrected chi connectivity index (χ3v) is 5.92. The Morgan fingerprint density at radius 3 is 2.14 bits per heavy atom. The van der Waals surface area contributed by atoms with Crippen molar-refractivity contribution < 1.29 is 8.42 Å². The molecule has 0 aromatic carbocycles. The molecule has 126 valence electrons. The van der Waals surface area contributed by atoms with Gasteiger partial charge in [0, 0.05) is 25.2 Å². The summed E-state index contributed by atoms with van der Waals surface area (Å²) < 4.78 is 29.3. The van der Waals surface area contributed by atoms with E-state index in [2.05, 4.69) is 37.7 Å². The summed E-state index contributed by atoms with van der Waals surface area (Å²) in [5, 5.41) is 3.44. The molecule has 0 bridgehead atoms. The Kier molecular flexibility index (Phi) is 7.60. The summed E-state index contributed by atoms with van der Waals surface area (Å²) in [7, 11) is -3.33. The predicted octanol–water partition coefficient (Wildman–Crippen LogP) is 1.97. The Morgan fingerprint density at radius 2 is 1.71 bits per heavy atom. The van der Waals surface area contributed by atoms with Crippen LogP contribution in [-0.2, 0) is 10.2 Å². The maximum Gasteiger partial charge on any atom is 0.279 e. The normalized spacial score (nSPS) is 20.3. The third kappa shape index (κ3) is 6.22. The van der Waals surface area contributed by atoms with Crippen molar-refractivity contribution in [1.82, 2.24) is 14.3 Å². The van der Waals surface area contributed by atoms with Gasteiger partial charge < -0.3 is 5.32 Å². The van der Waals surface area contributed by atoms with Gasteiger partial charge in [-0.2, -0.15) is 17.4 Å². The second kappa shape index (κ2) is 8.46. The van der Waals surface area contributed by atoms with Gasteiger partial charge in [-0.05, 0) is 37.6 Å². The fourth-order valence-electron chi connectivity index (χ4n) is 2.71. The molecule has 5 nitrogen and oxygen atoms in total. The number of hydrogen-bond donors (Lipinski definition) is 2. The molecule has 1 saturated heterocycles. The van der Waals surface area contributed by atoms with Gasteiger partial charge in [-0.1, -0.05) is 34.6 Å². The Balaban J connectivity index is 2.48. The Hall–Kier alpha value is -0.170. The summed E-state index contributed by atoms with van der Waals surface area (Å²) in [5.74, 6) is 0.906. The van der Waals surface area contributed by atoms with Crippen LogP contribution in [0.25, 0.3) is 0 Å². The first-order valence-electron chi connectivity index (χ1n) is 8.27. The third-order valence-electron chi connectivity index (χ3n) is 4.27. The maximum absolute atomic E-state index is 12.4. The molecule has 1 atom stereocenters. The lowest BCUT2D eigenvalue weighted by Gasteiger charge is -2.33. The molecule has 1 heterocycles. The summed E-state index contributed by atoms with van der Waals surface area (Å²) >= 11 is 0. The van der Waals surface area contributed by atoms with E-state index in [0.717, 1.165) is 25.8 Å². The van der Waals surface area contributed by atoms with Gasteiger partial charge in [0.05, 0.1) is 0 Å². The summed E-state index contributed by atoms with van der Waals surface area (Å²) in [6.45, 7) is 12.7. The first-order chi connectivity index (χ1) is 9.76. The number of nitrogens with zero attached hydrogens (tertiary/aromatic N) is 1. The molecule has 0 aliphatic carbocycles. The van der Waals surface area contributed by atoms with E-state index in [1.807, 2.05) is 6.92 Å². The van der Waals surface area contributed by atoms with Gasteiger partial charge in [-0.25, -0.2) is 0 Å². The average molecular weight is 320 g/mol. The lowest BCUT2D eigenvalue weighted by molar-refractivity contribution is 0.258. The maximum atomic E-state index is 12.4. The van der Waals surface area contributed by atoms with Gasteiger partial charge in [0.2, 0.25) is 0 Å². The van der Waals surface area contributed by atoms with Crippen LogP contribution in [0.3, 0.4) is 0 Å². The molecule has 1 unspecified atom stereocenters. The molecule has 1 aliphatic rings. The van der Waals surface area contributed by atoms with Crippen LogP contribution in [0.4, 0.5) is 0 Å². The minimum atomic E-state index is -3.33. The van der Waals surface area contributed by atoms with E-state index in [1.165, 1.54) is 0 Å². The standard InChI is InChI=1S/C15H33N3O2S/c1-6-15(12(2)3)17-21(19,20)18-9-7-14(8-10-18)11-16-13(4)5/h12-17H,6-11H2,1-5H3. The van der Waals surface area contributed by atoms with E-state index in [9.17, 15) is 8.42 Å². The molecular weight excluding hydrogens is 286 g/mol. The van der Waals surface area contributed by atoms with Crippen molar-refractivity contribution in [3.63, 3.8) is 0 Å². The molecule has 1 aliphatic heterocycles. The lowest BCUT2D eigenvalue weighted by Crippen LogP contribution is -2.50. The molecule has 21 heavy (non-hydrogen) atoms. The SMILES string of the molecule is CCC(NS(=O)(=O)N1CCC(CNC(C)C)CC1)C(C)C. The molecule has 6 heteroatoms. The summed E-state index contributed by atoms with van der Waals surface area (Å²) in [5.41, 5.74) is 0. The van der Waals surface area contributed by atoms with Crippen molar-refractivity contribution in [2.45, 2.75) is 66.0 Å². The number of hydrogen-bond acceptors (Lipinski definition) is 3. The van der Waals surface area contributed by atoms with Crippen LogP contribution in [-0.4, -0.2) is 44.4 Å². The largest absolute Gasteiger partial charge is 0.314 e. The molecule has 2 N–H and O–H groups in total. The summed E-state index contributed by atoms with van der Waals surface area (Å²) in [4.78, 5) is 0. The molecule has 0 saturated carbocycles. The second-order valence-corrected chi connectivity index (χ2v) is 8.49. The van der Waals surface area contributed by atoms with Crippen LogP contribution in [0.1, 0.15) is 53.9 Å². The smallest absolute Gasteiger partial charge is 0.279 e. The molecule has 0 spiro atoms. The van der Waals surface area contributed by atoms with Crippen LogP contribution >= 0.6 is 0 Å². The molecule has 0 radical (unpaired) electrons. The topological polar surface area (TPSA) is 61.4 Å². The summed E-state index contributed by atoms with van der Waals surface area (Å²) in [6.07, 6.45) is 2.71. The highest BCUT2D eigenvalue weighted by molar-refractivity contribution is 7.87. The van der Waals surface area contributed by atoms with Crippen LogP contribution in [0.15, 0.2) is 0 Å². The molecule has 0 aromatic rings. The van der Waals surface area contributed by atoms with Crippen molar-refractivity contribution >= 4 is 10.2 Å². The van der Waals surface area contributed by atoms with Crippen molar-refractivity contribution in [3.05, 3.63) is 0 Å². The van der Waals surface area contributed by atoms with Gasteiger partial charge in [-0.15, -0.1) is 0 Å². The molecule has 0 aromatic heterocycles. The minimum absolute atomic E-state index is 0.0235. The molecular formula is C15H33N3O2S. The van der Waals surface area contributed by atoms with Crippen LogP contribution in [0.2, 0.25) is 0 Å². The van der Waals surface area contributed by atoms with E-state index in [1.54, 1.807) is 4.31 Å². The van der Waals surface area contributed by atoms with E-state index in [0.29, 0.717) is 31.0 Å². The number of nitrogens with one attached hydrogen (secondary N) is 2. The van der Waals surface area contributed by atoms with Gasteiger partial charge >= 0.3 is 0 Å². The highest BCUT2D eigenvalue weighted by Gasteiger charge is 2.30. The zero-order valence-electron chi connectivity index (χ0n) is 14.2. The first-order valence-corrected chi connectivity index (χ1v) is 9.71. The van der Waals surface area contributed by atoms with E-state index in [4.69, 9.17) is 0 Å². The van der Waals surface area contributed by atoms with Gasteiger partial charge in [0.15, 0.2) is 0 Å². The fraction of sp³-hybridized carbons (Fsp3) is 1.00.